The monoisotopic (exact) mass is 1190 g/mol. The van der Waals surface area contributed by atoms with Gasteiger partial charge in [0.25, 0.3) is 0 Å². The lowest BCUT2D eigenvalue weighted by atomic mass is 9.81. The molecule has 1 aliphatic carbocycles. The zero-order valence-corrected chi connectivity index (χ0v) is 50.8. The number of benzene rings is 3. The number of aliphatic imine (C=N–C) groups is 1. The van der Waals surface area contributed by atoms with Crippen LogP contribution in [0, 0.1) is 38.4 Å². The number of amides is 5. The number of rotatable bonds is 11. The van der Waals surface area contributed by atoms with E-state index in [1.165, 1.54) is 29.0 Å². The number of likely N-dealkylation sites (N-methyl/N-ethyl adjacent to an activating group) is 1. The van der Waals surface area contributed by atoms with Gasteiger partial charge in [-0.2, -0.15) is 10.2 Å². The van der Waals surface area contributed by atoms with Gasteiger partial charge in [0.05, 0.1) is 35.2 Å². The number of carboxylic acid groups (broad SMARTS) is 1. The number of hydrogen-bond donors (Lipinski definition) is 4. The number of carboxylic acids is 1. The molecule has 84 heavy (non-hydrogen) atoms. The van der Waals surface area contributed by atoms with Crippen molar-refractivity contribution in [3.8, 4) is 16.1 Å². The van der Waals surface area contributed by atoms with E-state index in [1.54, 1.807) is 58.0 Å². The third-order valence-electron chi connectivity index (χ3n) is 16.1. The fraction of sp³-hybridized carbons (Fsp3) is 0.459. The van der Waals surface area contributed by atoms with E-state index in [-0.39, 0.29) is 48.7 Å². The molecule has 1 saturated carbocycles. The highest BCUT2D eigenvalue weighted by atomic mass is 35.5. The maximum absolute atomic E-state index is 15.7. The largest absolute Gasteiger partial charge is 0.480 e. The Labute approximate surface area is 497 Å². The summed E-state index contributed by atoms with van der Waals surface area (Å²) in [6.07, 6.45) is 8.76. The molecule has 0 bridgehead atoms. The molecule has 1 atom stereocenters. The Hall–Kier alpha value is -7.85. The Kier molecular flexibility index (Phi) is 20.5. The van der Waals surface area contributed by atoms with Crippen LogP contribution in [0.25, 0.3) is 37.9 Å². The van der Waals surface area contributed by atoms with Crippen molar-refractivity contribution in [2.24, 2.45) is 23.9 Å². The van der Waals surface area contributed by atoms with Crippen molar-refractivity contribution in [3.63, 3.8) is 0 Å². The minimum absolute atomic E-state index is 0.0129. The molecular weight excluding hydrogens is 1110 g/mol. The van der Waals surface area contributed by atoms with Crippen molar-refractivity contribution < 1.29 is 38.3 Å². The number of fused-ring (bicyclic) bond motifs is 5. The minimum atomic E-state index is -1.19. The Morgan fingerprint density at radius 1 is 0.845 bits per heavy atom. The quantitative estimate of drug-likeness (QED) is 0.0955. The van der Waals surface area contributed by atoms with Gasteiger partial charge in [0.1, 0.15) is 42.3 Å². The number of nitrogens with one attached hydrogen (secondary N) is 3. The average molecular weight is 1190 g/mol. The number of carbonyl (C=O) groups excluding carboxylic acids is 5. The summed E-state index contributed by atoms with van der Waals surface area (Å²) in [7, 11) is 3.40. The summed E-state index contributed by atoms with van der Waals surface area (Å²) in [5, 5.41) is 37.1. The highest BCUT2D eigenvalue weighted by Crippen LogP contribution is 2.41. The number of piperidine rings is 1. The second-order valence-corrected chi connectivity index (χ2v) is 23.2. The molecule has 23 heteroatoms. The highest BCUT2D eigenvalue weighted by molar-refractivity contribution is 7.15. The first-order valence-electron chi connectivity index (χ1n) is 28.8. The van der Waals surface area contributed by atoms with Crippen LogP contribution in [0.1, 0.15) is 124 Å². The summed E-state index contributed by atoms with van der Waals surface area (Å²) < 4.78 is 21.1. The molecule has 4 aliphatic rings. The van der Waals surface area contributed by atoms with Crippen molar-refractivity contribution in [3.05, 3.63) is 111 Å². The van der Waals surface area contributed by atoms with Gasteiger partial charge in [-0.1, -0.05) is 56.6 Å². The maximum atomic E-state index is 15.7. The summed E-state index contributed by atoms with van der Waals surface area (Å²) in [4.78, 5) is 81.0. The SMILES string of the molecule is CC.CC1CCC(C(=O)N2CCC(c3nn(CC(=O)NCC(=O)NCC(=O)O)c4cccc(-c5cc6c(cnn6C)cc5F)c34)CC2)CC1.CNC(=O)C1CCCN1C(C)=O.Cc1sc2c(c1C)C(c1ccc(Cl)cc1)=NCc1nnc(C)n1-2. The van der Waals surface area contributed by atoms with Crippen LogP contribution in [-0.4, -0.2) is 136 Å². The first-order valence-corrected chi connectivity index (χ1v) is 30.0. The Morgan fingerprint density at radius 3 is 2.23 bits per heavy atom. The molecule has 4 aromatic heterocycles. The van der Waals surface area contributed by atoms with Gasteiger partial charge in [-0.3, -0.25) is 47.7 Å². The van der Waals surface area contributed by atoms with E-state index >= 15 is 4.39 Å². The standard InChI is InChI=1S/C34H40FN7O5.C17H15ClN4S.C8H14N2O2.C2H6/c1-20-6-8-22(9-7-20)34(47)41-12-10-21(11-13-41)33-32-24(25-15-28-23(14-26(25)35)16-38-40(28)2)4-3-5-27(32)42(39-33)19-30(44)36-17-29(43)37-18-31(45)46;1-9-10(2)23-17-15(9)16(12-4-6-13(18)7-5-12)19-8-14-21-20-11(3)22(14)17;1-6(11)10-5-3-4-7(10)8(12)9-2;1-2/h3-5,14-16,20-22H,6-13,17-19H2,1-2H3,(H,36,44)(H,37,43)(H,45,46);4-7H,8H2,1-3H3;7H,3-5H2,1-2H3,(H,9,12);1-2H3. The summed E-state index contributed by atoms with van der Waals surface area (Å²) in [5.74, 6) is -0.0111. The first kappa shape index (κ1) is 62.2. The molecule has 7 aromatic rings. The van der Waals surface area contributed by atoms with Gasteiger partial charge in [0.15, 0.2) is 5.82 Å². The van der Waals surface area contributed by atoms with E-state index in [1.807, 2.05) is 62.1 Å². The van der Waals surface area contributed by atoms with Gasteiger partial charge >= 0.3 is 5.97 Å². The van der Waals surface area contributed by atoms with Gasteiger partial charge in [-0.25, -0.2) is 4.39 Å². The zero-order chi connectivity index (χ0) is 60.5. The lowest BCUT2D eigenvalue weighted by Gasteiger charge is -2.35. The molecule has 446 valence electrons. The number of likely N-dealkylation sites (tertiary alicyclic amines) is 2. The van der Waals surface area contributed by atoms with E-state index in [0.29, 0.717) is 67.0 Å². The molecule has 11 rings (SSSR count). The number of hydrogen-bond acceptors (Lipinski definition) is 12. The van der Waals surface area contributed by atoms with Gasteiger partial charge in [0.2, 0.25) is 29.5 Å². The number of aliphatic carboxylic acids is 1. The third kappa shape index (κ3) is 13.9. The van der Waals surface area contributed by atoms with Crippen LogP contribution >= 0.6 is 22.9 Å². The minimum Gasteiger partial charge on any atom is -0.480 e. The summed E-state index contributed by atoms with van der Waals surface area (Å²) in [6, 6.07) is 16.4. The number of aryl methyl sites for hydroxylation is 3. The lowest BCUT2D eigenvalue weighted by molar-refractivity contribution is -0.138. The predicted molar refractivity (Wildman–Crippen MR) is 323 cm³/mol. The van der Waals surface area contributed by atoms with Gasteiger partial charge in [-0.05, 0) is 120 Å². The molecule has 3 aliphatic heterocycles. The Bertz CT molecular complexity index is 3590. The number of halogens is 2. The molecule has 3 fully saturated rings. The Morgan fingerprint density at radius 2 is 1.55 bits per heavy atom. The van der Waals surface area contributed by atoms with Crippen molar-refractivity contribution in [2.75, 3.05) is 39.8 Å². The average Bonchev–Trinajstić information content (AvgIpc) is 1.86. The number of aromatic nitrogens is 7. The highest BCUT2D eigenvalue weighted by Gasteiger charge is 2.35. The number of carbonyl (C=O) groups is 6. The van der Waals surface area contributed by atoms with E-state index in [0.717, 1.165) is 88.1 Å². The van der Waals surface area contributed by atoms with Crippen LogP contribution in [0.3, 0.4) is 0 Å². The molecule has 0 radical (unpaired) electrons. The molecule has 1 unspecified atom stereocenters. The fourth-order valence-corrected chi connectivity index (χ4v) is 12.8. The smallest absolute Gasteiger partial charge is 0.322 e. The molecule has 20 nitrogen and oxygen atoms in total. The first-order chi connectivity index (χ1) is 40.3. The second-order valence-electron chi connectivity index (χ2n) is 21.5. The van der Waals surface area contributed by atoms with E-state index in [9.17, 15) is 28.8 Å². The van der Waals surface area contributed by atoms with Crippen LogP contribution in [0.2, 0.25) is 5.02 Å². The molecule has 3 aromatic carbocycles. The molecule has 7 heterocycles. The van der Waals surface area contributed by atoms with E-state index < -0.39 is 30.1 Å². The molecule has 0 spiro atoms. The molecule has 5 amide bonds. The van der Waals surface area contributed by atoms with Crippen LogP contribution in [0.5, 0.6) is 0 Å². The molecule has 4 N–H and O–H groups in total. The van der Waals surface area contributed by atoms with Crippen LogP contribution in [0.15, 0.2) is 65.8 Å². The zero-order valence-electron chi connectivity index (χ0n) is 49.2. The topological polar surface area (TPSA) is 244 Å². The van der Waals surface area contributed by atoms with Crippen molar-refractivity contribution in [1.29, 1.82) is 0 Å². The van der Waals surface area contributed by atoms with Gasteiger partial charge in [0, 0.05) is 89.9 Å². The normalized spacial score (nSPS) is 17.5. The second kappa shape index (κ2) is 27.7. The molecule has 2 saturated heterocycles. The maximum Gasteiger partial charge on any atom is 0.322 e. The van der Waals surface area contributed by atoms with E-state index in [2.05, 4.69) is 56.6 Å². The van der Waals surface area contributed by atoms with Gasteiger partial charge in [-0.15, -0.1) is 21.5 Å². The molecular formula is C61H75ClFN13O7S. The Balaban J connectivity index is 0.000000203. The predicted octanol–water partition coefficient (Wildman–Crippen LogP) is 8.61. The van der Waals surface area contributed by atoms with Crippen LogP contribution < -0.4 is 16.0 Å². The number of nitrogens with zero attached hydrogens (tertiary/aromatic N) is 10. The third-order valence-corrected chi connectivity index (χ3v) is 17.5. The van der Waals surface area contributed by atoms with Gasteiger partial charge < -0.3 is 30.9 Å². The lowest BCUT2D eigenvalue weighted by Crippen LogP contribution is -2.43. The summed E-state index contributed by atoms with van der Waals surface area (Å²) in [6.45, 7) is 15.3. The van der Waals surface area contributed by atoms with E-state index in [4.69, 9.17) is 26.8 Å². The summed E-state index contributed by atoms with van der Waals surface area (Å²) in [5.41, 5.74) is 7.72. The number of thiophene rings is 1. The van der Waals surface area contributed by atoms with Crippen LogP contribution in [-0.2, 0) is 48.9 Å². The summed E-state index contributed by atoms with van der Waals surface area (Å²) >= 11 is 7.80. The van der Waals surface area contributed by atoms with Crippen molar-refractivity contribution in [1.82, 2.24) is 60.1 Å². The fourth-order valence-electron chi connectivity index (χ4n) is 11.5. The van der Waals surface area contributed by atoms with Crippen molar-refractivity contribution in [2.45, 2.75) is 125 Å². The van der Waals surface area contributed by atoms with Crippen LogP contribution in [0.4, 0.5) is 4.39 Å². The van der Waals surface area contributed by atoms with Crippen molar-refractivity contribution >= 4 is 86.0 Å².